The summed E-state index contributed by atoms with van der Waals surface area (Å²) in [7, 11) is 0. The standard InChI is InChI=1S/C12H18O3/c13-11-9-1-2-10(11)4-6-12(5-3-9)14-7-8-15-12/h9-10H,1-8H2. The number of hydrogen-bond acceptors (Lipinski definition) is 3. The van der Waals surface area contributed by atoms with E-state index < -0.39 is 0 Å². The average molecular weight is 210 g/mol. The van der Waals surface area contributed by atoms with Crippen LogP contribution >= 0.6 is 0 Å². The molecule has 0 N–H and O–H groups in total. The van der Waals surface area contributed by atoms with Crippen molar-refractivity contribution in [2.45, 2.75) is 44.3 Å². The smallest absolute Gasteiger partial charge is 0.168 e. The average Bonchev–Trinajstić information content (AvgIpc) is 2.83. The fraction of sp³-hybridized carbons (Fsp3) is 0.917. The molecule has 15 heavy (non-hydrogen) atoms. The van der Waals surface area contributed by atoms with Gasteiger partial charge >= 0.3 is 0 Å². The fourth-order valence-electron chi connectivity index (χ4n) is 3.29. The topological polar surface area (TPSA) is 35.5 Å². The van der Waals surface area contributed by atoms with E-state index in [1.54, 1.807) is 0 Å². The molecule has 1 aliphatic heterocycles. The van der Waals surface area contributed by atoms with E-state index in [9.17, 15) is 4.79 Å². The Kier molecular flexibility index (Phi) is 2.33. The van der Waals surface area contributed by atoms with Crippen LogP contribution in [0.3, 0.4) is 0 Å². The molecule has 1 saturated heterocycles. The fourth-order valence-corrected chi connectivity index (χ4v) is 3.29. The van der Waals surface area contributed by atoms with Crippen molar-refractivity contribution in [1.29, 1.82) is 0 Å². The minimum absolute atomic E-state index is 0.306. The monoisotopic (exact) mass is 210 g/mol. The highest BCUT2D eigenvalue weighted by atomic mass is 16.7. The molecule has 2 atom stereocenters. The predicted octanol–water partition coefficient (Wildman–Crippen LogP) is 1.90. The Labute approximate surface area is 90.1 Å². The summed E-state index contributed by atoms with van der Waals surface area (Å²) in [5, 5.41) is 0. The van der Waals surface area contributed by atoms with Crippen molar-refractivity contribution >= 4 is 5.78 Å². The van der Waals surface area contributed by atoms with Crippen LogP contribution in [-0.4, -0.2) is 24.8 Å². The third-order valence-corrected chi connectivity index (χ3v) is 4.23. The van der Waals surface area contributed by atoms with Crippen molar-refractivity contribution in [1.82, 2.24) is 0 Å². The molecule has 3 aliphatic rings. The van der Waals surface area contributed by atoms with Gasteiger partial charge in [-0.15, -0.1) is 0 Å². The van der Waals surface area contributed by atoms with E-state index in [4.69, 9.17) is 9.47 Å². The van der Waals surface area contributed by atoms with E-state index in [1.165, 1.54) is 0 Å². The molecule has 2 unspecified atom stereocenters. The summed E-state index contributed by atoms with van der Waals surface area (Å²) in [6, 6.07) is 0. The van der Waals surface area contributed by atoms with Gasteiger partial charge < -0.3 is 9.47 Å². The van der Waals surface area contributed by atoms with Crippen LogP contribution in [0.4, 0.5) is 0 Å². The van der Waals surface area contributed by atoms with Gasteiger partial charge in [-0.2, -0.15) is 0 Å². The number of carbonyl (C=O) groups excluding carboxylic acids is 1. The van der Waals surface area contributed by atoms with Gasteiger partial charge in [0.25, 0.3) is 0 Å². The molecule has 3 heteroatoms. The van der Waals surface area contributed by atoms with E-state index in [0.29, 0.717) is 17.6 Å². The maximum Gasteiger partial charge on any atom is 0.168 e. The number of ether oxygens (including phenoxy) is 2. The van der Waals surface area contributed by atoms with Crippen LogP contribution in [0.25, 0.3) is 0 Å². The Hall–Kier alpha value is -0.410. The number of rotatable bonds is 0. The zero-order valence-electron chi connectivity index (χ0n) is 9.04. The molecule has 0 amide bonds. The van der Waals surface area contributed by atoms with Crippen molar-refractivity contribution < 1.29 is 14.3 Å². The molecule has 2 aliphatic carbocycles. The first kappa shape index (κ1) is 9.79. The molecular weight excluding hydrogens is 192 g/mol. The van der Waals surface area contributed by atoms with Crippen LogP contribution in [0.1, 0.15) is 38.5 Å². The molecule has 3 fully saturated rings. The molecular formula is C12H18O3. The highest BCUT2D eigenvalue weighted by Gasteiger charge is 2.44. The van der Waals surface area contributed by atoms with E-state index in [-0.39, 0.29) is 5.79 Å². The lowest BCUT2D eigenvalue weighted by molar-refractivity contribution is -0.174. The number of ketones is 1. The minimum Gasteiger partial charge on any atom is -0.348 e. The maximum absolute atomic E-state index is 11.9. The largest absolute Gasteiger partial charge is 0.348 e. The van der Waals surface area contributed by atoms with Crippen molar-refractivity contribution in [3.8, 4) is 0 Å². The molecule has 1 heterocycles. The van der Waals surface area contributed by atoms with E-state index >= 15 is 0 Å². The van der Waals surface area contributed by atoms with Crippen LogP contribution in [0.5, 0.6) is 0 Å². The summed E-state index contributed by atoms with van der Waals surface area (Å²) in [6.45, 7) is 1.45. The Morgan fingerprint density at radius 1 is 0.933 bits per heavy atom. The van der Waals surface area contributed by atoms with Gasteiger partial charge in [-0.25, -0.2) is 0 Å². The number of hydrogen-bond donors (Lipinski definition) is 0. The van der Waals surface area contributed by atoms with Crippen LogP contribution < -0.4 is 0 Å². The third kappa shape index (κ3) is 1.62. The van der Waals surface area contributed by atoms with Crippen LogP contribution in [0.15, 0.2) is 0 Å². The molecule has 0 radical (unpaired) electrons. The Bertz CT molecular complexity index is 248. The zero-order valence-corrected chi connectivity index (χ0v) is 9.04. The summed E-state index contributed by atoms with van der Waals surface area (Å²) >= 11 is 0. The second-order valence-electron chi connectivity index (χ2n) is 5.06. The minimum atomic E-state index is -0.318. The molecule has 0 aromatic carbocycles. The van der Waals surface area contributed by atoms with Gasteiger partial charge in [-0.1, -0.05) is 0 Å². The van der Waals surface area contributed by atoms with Crippen molar-refractivity contribution in [2.24, 2.45) is 11.8 Å². The molecule has 0 aromatic rings. The van der Waals surface area contributed by atoms with Crippen LogP contribution in [-0.2, 0) is 14.3 Å². The van der Waals surface area contributed by atoms with Gasteiger partial charge in [0.05, 0.1) is 13.2 Å². The summed E-state index contributed by atoms with van der Waals surface area (Å²) in [5.74, 6) is 0.810. The van der Waals surface area contributed by atoms with Gasteiger partial charge in [-0.05, 0) is 25.7 Å². The number of carbonyl (C=O) groups is 1. The lowest BCUT2D eigenvalue weighted by Gasteiger charge is -2.30. The van der Waals surface area contributed by atoms with Crippen molar-refractivity contribution in [3.05, 3.63) is 0 Å². The van der Waals surface area contributed by atoms with Crippen LogP contribution in [0, 0.1) is 11.8 Å². The van der Waals surface area contributed by atoms with Gasteiger partial charge in [0.15, 0.2) is 5.79 Å². The quantitative estimate of drug-likeness (QED) is 0.612. The molecule has 1 spiro atoms. The third-order valence-electron chi connectivity index (χ3n) is 4.23. The Balaban J connectivity index is 1.76. The SMILES string of the molecule is O=C1C2CCC1CCC1(CC2)OCCO1. The summed E-state index contributed by atoms with van der Waals surface area (Å²) in [6.07, 6.45) is 5.95. The van der Waals surface area contributed by atoms with E-state index in [2.05, 4.69) is 0 Å². The van der Waals surface area contributed by atoms with Crippen molar-refractivity contribution in [2.75, 3.05) is 13.2 Å². The molecule has 2 bridgehead atoms. The lowest BCUT2D eigenvalue weighted by atomic mass is 9.87. The molecule has 0 aromatic heterocycles. The van der Waals surface area contributed by atoms with Gasteiger partial charge in [0.2, 0.25) is 0 Å². The number of fused-ring (bicyclic) bond motifs is 2. The van der Waals surface area contributed by atoms with E-state index in [1.807, 2.05) is 0 Å². The summed E-state index contributed by atoms with van der Waals surface area (Å²) in [5.41, 5.74) is 0. The molecule has 2 saturated carbocycles. The second kappa shape index (κ2) is 3.56. The predicted molar refractivity (Wildman–Crippen MR) is 54.3 cm³/mol. The first-order chi connectivity index (χ1) is 7.29. The van der Waals surface area contributed by atoms with Crippen LogP contribution in [0.2, 0.25) is 0 Å². The summed E-state index contributed by atoms with van der Waals surface area (Å²) in [4.78, 5) is 11.9. The highest BCUT2D eigenvalue weighted by molar-refractivity contribution is 5.85. The molecule has 3 nitrogen and oxygen atoms in total. The Morgan fingerprint density at radius 2 is 1.47 bits per heavy atom. The van der Waals surface area contributed by atoms with Crippen molar-refractivity contribution in [3.63, 3.8) is 0 Å². The molecule has 84 valence electrons. The number of Topliss-reactive ketones (excluding diaryl/α,β-unsaturated/α-hetero) is 1. The highest BCUT2D eigenvalue weighted by Crippen LogP contribution is 2.42. The van der Waals surface area contributed by atoms with Gasteiger partial charge in [-0.3, -0.25) is 4.79 Å². The lowest BCUT2D eigenvalue weighted by Crippen LogP contribution is -2.34. The summed E-state index contributed by atoms with van der Waals surface area (Å²) < 4.78 is 11.5. The van der Waals surface area contributed by atoms with Gasteiger partial charge in [0, 0.05) is 24.7 Å². The van der Waals surface area contributed by atoms with Gasteiger partial charge in [0.1, 0.15) is 5.78 Å². The zero-order chi connectivity index (χ0) is 10.3. The first-order valence-electron chi connectivity index (χ1n) is 6.11. The molecule has 3 rings (SSSR count). The normalized spacial score (nSPS) is 39.3. The first-order valence-corrected chi connectivity index (χ1v) is 6.11. The second-order valence-corrected chi connectivity index (χ2v) is 5.06. The Morgan fingerprint density at radius 3 is 2.00 bits per heavy atom. The van der Waals surface area contributed by atoms with E-state index in [0.717, 1.165) is 51.7 Å². The maximum atomic E-state index is 11.9.